The molecule has 2 saturated carbocycles. The molecule has 2 aliphatic carbocycles. The maximum absolute atomic E-state index is 12.7. The minimum Gasteiger partial charge on any atom is -0.465 e. The molecule has 3 aliphatic rings. The molecule has 3 fully saturated rings. The maximum atomic E-state index is 12.7. The van der Waals surface area contributed by atoms with Crippen LogP contribution in [0, 0.1) is 5.92 Å². The Morgan fingerprint density at radius 3 is 2.55 bits per heavy atom. The Balaban J connectivity index is 1.77. The molecule has 1 saturated heterocycles. The van der Waals surface area contributed by atoms with Crippen LogP contribution < -0.4 is 5.32 Å². The molecule has 1 N–H and O–H groups in total. The Hall–Kier alpha value is -0.610. The lowest BCUT2D eigenvalue weighted by atomic mass is 9.91. The molecule has 0 aromatic carbocycles. The summed E-state index contributed by atoms with van der Waals surface area (Å²) in [5.74, 6) is 0.475. The first-order chi connectivity index (χ1) is 9.65. The third kappa shape index (κ3) is 2.86. The van der Waals surface area contributed by atoms with Gasteiger partial charge in [-0.25, -0.2) is 4.79 Å². The minimum absolute atomic E-state index is 0.00602. The van der Waals surface area contributed by atoms with Crippen LogP contribution >= 0.6 is 0 Å². The van der Waals surface area contributed by atoms with Gasteiger partial charge in [-0.1, -0.05) is 0 Å². The van der Waals surface area contributed by atoms with Crippen LogP contribution in [0.4, 0.5) is 0 Å². The smallest absolute Gasteiger partial charge is 0.327 e. The molecule has 0 bridgehead atoms. The van der Waals surface area contributed by atoms with Crippen molar-refractivity contribution in [2.24, 2.45) is 5.92 Å². The van der Waals surface area contributed by atoms with Crippen LogP contribution in [0.1, 0.15) is 52.4 Å². The lowest BCUT2D eigenvalue weighted by Crippen LogP contribution is -2.62. The molecule has 2 unspecified atom stereocenters. The Kier molecular flexibility index (Phi) is 4.04. The van der Waals surface area contributed by atoms with E-state index in [2.05, 4.69) is 17.1 Å². The number of ether oxygens (including phenoxy) is 1. The normalized spacial score (nSPS) is 30.2. The van der Waals surface area contributed by atoms with Gasteiger partial charge in [-0.2, -0.15) is 0 Å². The number of nitrogens with zero attached hydrogens (tertiary/aromatic N) is 1. The zero-order valence-corrected chi connectivity index (χ0v) is 12.9. The van der Waals surface area contributed by atoms with Crippen molar-refractivity contribution >= 4 is 5.97 Å². The number of carbonyl (C=O) groups is 1. The van der Waals surface area contributed by atoms with E-state index in [1.807, 2.05) is 6.92 Å². The van der Waals surface area contributed by atoms with Crippen molar-refractivity contribution in [1.82, 2.24) is 10.2 Å². The summed E-state index contributed by atoms with van der Waals surface area (Å²) in [4.78, 5) is 15.2. The Bertz CT molecular complexity index is 365. The Morgan fingerprint density at radius 2 is 2.05 bits per heavy atom. The molecule has 1 heterocycles. The zero-order chi connectivity index (χ0) is 14.2. The molecular weight excluding hydrogens is 252 g/mol. The monoisotopic (exact) mass is 280 g/mol. The molecule has 1 aliphatic heterocycles. The van der Waals surface area contributed by atoms with E-state index < -0.39 is 5.54 Å². The van der Waals surface area contributed by atoms with Gasteiger partial charge in [-0.3, -0.25) is 10.2 Å². The largest absolute Gasteiger partial charge is 0.465 e. The molecule has 4 nitrogen and oxygen atoms in total. The van der Waals surface area contributed by atoms with E-state index in [4.69, 9.17) is 4.74 Å². The highest BCUT2D eigenvalue weighted by Gasteiger charge is 2.55. The molecular formula is C16H28N2O2. The molecule has 0 amide bonds. The molecule has 4 heteroatoms. The van der Waals surface area contributed by atoms with Crippen molar-refractivity contribution in [3.8, 4) is 0 Å². The number of likely N-dealkylation sites (tertiary alicyclic amines) is 1. The lowest BCUT2D eigenvalue weighted by Gasteiger charge is -2.38. The molecule has 3 rings (SSSR count). The number of hydrogen-bond acceptors (Lipinski definition) is 4. The van der Waals surface area contributed by atoms with Gasteiger partial charge in [0.1, 0.15) is 5.54 Å². The van der Waals surface area contributed by atoms with Crippen LogP contribution in [0.15, 0.2) is 0 Å². The number of rotatable bonds is 7. The molecule has 0 radical (unpaired) electrons. The van der Waals surface area contributed by atoms with Gasteiger partial charge in [-0.05, 0) is 64.8 Å². The zero-order valence-electron chi connectivity index (χ0n) is 12.9. The van der Waals surface area contributed by atoms with Crippen molar-refractivity contribution in [2.75, 3.05) is 19.7 Å². The third-order valence-electron chi connectivity index (χ3n) is 5.10. The SMILES string of the molecule is CCOC(=O)C(CN1CCCC1C)(NC1CC1)C1CC1. The first-order valence-electron chi connectivity index (χ1n) is 8.34. The van der Waals surface area contributed by atoms with Gasteiger partial charge in [0.15, 0.2) is 0 Å². The summed E-state index contributed by atoms with van der Waals surface area (Å²) in [7, 11) is 0. The summed E-state index contributed by atoms with van der Waals surface area (Å²) in [6.07, 6.45) is 7.27. The fraction of sp³-hybridized carbons (Fsp3) is 0.938. The summed E-state index contributed by atoms with van der Waals surface area (Å²) in [6.45, 7) is 6.64. The number of esters is 1. The highest BCUT2D eigenvalue weighted by Crippen LogP contribution is 2.43. The van der Waals surface area contributed by atoms with E-state index in [1.165, 1.54) is 38.5 Å². The molecule has 2 atom stereocenters. The summed E-state index contributed by atoms with van der Waals surface area (Å²) in [6, 6.07) is 1.14. The summed E-state index contributed by atoms with van der Waals surface area (Å²) in [5, 5.41) is 3.68. The van der Waals surface area contributed by atoms with Crippen molar-refractivity contribution in [2.45, 2.75) is 70.0 Å². The first kappa shape index (κ1) is 14.3. The second kappa shape index (κ2) is 5.64. The van der Waals surface area contributed by atoms with Crippen molar-refractivity contribution < 1.29 is 9.53 Å². The van der Waals surface area contributed by atoms with E-state index in [1.54, 1.807) is 0 Å². The van der Waals surface area contributed by atoms with Crippen LogP contribution in [0.25, 0.3) is 0 Å². The van der Waals surface area contributed by atoms with Crippen LogP contribution in [0.5, 0.6) is 0 Å². The average molecular weight is 280 g/mol. The van der Waals surface area contributed by atoms with Gasteiger partial charge in [0, 0.05) is 18.6 Å². The van der Waals surface area contributed by atoms with Crippen molar-refractivity contribution in [1.29, 1.82) is 0 Å². The second-order valence-electron chi connectivity index (χ2n) is 6.85. The average Bonchev–Trinajstić information content (AvgIpc) is 3.31. The fourth-order valence-corrected chi connectivity index (χ4v) is 3.56. The predicted octanol–water partition coefficient (Wildman–Crippen LogP) is 1.93. The Morgan fingerprint density at radius 1 is 1.30 bits per heavy atom. The first-order valence-corrected chi connectivity index (χ1v) is 8.34. The standard InChI is InChI=1S/C16H28N2O2/c1-3-20-15(19)16(13-6-7-13,17-14-8-9-14)11-18-10-4-5-12(18)2/h12-14,17H,3-11H2,1-2H3. The van der Waals surface area contributed by atoms with E-state index in [9.17, 15) is 4.79 Å². The van der Waals surface area contributed by atoms with E-state index >= 15 is 0 Å². The molecule has 114 valence electrons. The highest BCUT2D eigenvalue weighted by atomic mass is 16.5. The van der Waals surface area contributed by atoms with Crippen molar-refractivity contribution in [3.63, 3.8) is 0 Å². The van der Waals surface area contributed by atoms with Crippen LogP contribution in [0.2, 0.25) is 0 Å². The van der Waals surface area contributed by atoms with E-state index in [-0.39, 0.29) is 5.97 Å². The van der Waals surface area contributed by atoms with Gasteiger partial charge in [-0.15, -0.1) is 0 Å². The van der Waals surface area contributed by atoms with Crippen LogP contribution in [-0.4, -0.2) is 48.2 Å². The number of carbonyl (C=O) groups excluding carboxylic acids is 1. The van der Waals surface area contributed by atoms with Gasteiger partial charge in [0.05, 0.1) is 6.61 Å². The van der Waals surface area contributed by atoms with Crippen LogP contribution in [-0.2, 0) is 9.53 Å². The Labute approximate surface area is 122 Å². The summed E-state index contributed by atoms with van der Waals surface area (Å²) >= 11 is 0. The highest BCUT2D eigenvalue weighted by molar-refractivity contribution is 5.82. The number of nitrogens with one attached hydrogen (secondary N) is 1. The van der Waals surface area contributed by atoms with E-state index in [0.29, 0.717) is 24.6 Å². The molecule has 20 heavy (non-hydrogen) atoms. The molecule has 0 spiro atoms. The van der Waals surface area contributed by atoms with E-state index in [0.717, 1.165) is 13.1 Å². The second-order valence-corrected chi connectivity index (χ2v) is 6.85. The van der Waals surface area contributed by atoms with Gasteiger partial charge < -0.3 is 4.74 Å². The third-order valence-corrected chi connectivity index (χ3v) is 5.10. The molecule has 0 aromatic heterocycles. The van der Waals surface area contributed by atoms with Crippen molar-refractivity contribution in [3.05, 3.63) is 0 Å². The van der Waals surface area contributed by atoms with Gasteiger partial charge in [0.25, 0.3) is 0 Å². The number of hydrogen-bond donors (Lipinski definition) is 1. The molecule has 0 aromatic rings. The fourth-order valence-electron chi connectivity index (χ4n) is 3.56. The predicted molar refractivity (Wildman–Crippen MR) is 78.5 cm³/mol. The topological polar surface area (TPSA) is 41.6 Å². The maximum Gasteiger partial charge on any atom is 0.327 e. The quantitative estimate of drug-likeness (QED) is 0.724. The lowest BCUT2D eigenvalue weighted by molar-refractivity contribution is -0.153. The van der Waals surface area contributed by atoms with Gasteiger partial charge >= 0.3 is 5.97 Å². The minimum atomic E-state index is -0.435. The van der Waals surface area contributed by atoms with Gasteiger partial charge in [0.2, 0.25) is 0 Å². The van der Waals surface area contributed by atoms with Crippen LogP contribution in [0.3, 0.4) is 0 Å². The summed E-state index contributed by atoms with van der Waals surface area (Å²) in [5.41, 5.74) is -0.435. The summed E-state index contributed by atoms with van der Waals surface area (Å²) < 4.78 is 5.45.